The zero-order chi connectivity index (χ0) is 15.5. The highest BCUT2D eigenvalue weighted by atomic mass is 32.1. The summed E-state index contributed by atoms with van der Waals surface area (Å²) in [6.07, 6.45) is 2.41. The van der Waals surface area contributed by atoms with Crippen molar-refractivity contribution in [3.05, 3.63) is 40.2 Å². The van der Waals surface area contributed by atoms with Crippen molar-refractivity contribution in [2.45, 2.75) is 38.6 Å². The van der Waals surface area contributed by atoms with Crippen molar-refractivity contribution in [3.8, 4) is 17.3 Å². The summed E-state index contributed by atoms with van der Waals surface area (Å²) < 4.78 is 0. The van der Waals surface area contributed by atoms with E-state index in [2.05, 4.69) is 30.2 Å². The molecule has 1 aliphatic heterocycles. The molecule has 0 N–H and O–H groups in total. The first kappa shape index (κ1) is 15.2. The van der Waals surface area contributed by atoms with Crippen LogP contribution in [0.1, 0.15) is 43.2 Å². The molecule has 1 fully saturated rings. The Balaban J connectivity index is 1.70. The van der Waals surface area contributed by atoms with Crippen LogP contribution in [0.15, 0.2) is 29.6 Å². The molecule has 0 radical (unpaired) electrons. The van der Waals surface area contributed by atoms with Crippen LogP contribution < -0.4 is 0 Å². The van der Waals surface area contributed by atoms with Gasteiger partial charge in [0.15, 0.2) is 0 Å². The standard InChI is InChI=1S/C18H21N3S/c1-13(2)21-9-7-16(8-10-21)18-20-17(12-22-18)15-5-3-14(11-19)4-6-15/h3-6,12-13,16H,7-10H2,1-2H3. The lowest BCUT2D eigenvalue weighted by atomic mass is 9.96. The third-order valence-corrected chi connectivity index (χ3v) is 5.45. The van der Waals surface area contributed by atoms with Crippen LogP contribution in [-0.2, 0) is 0 Å². The SMILES string of the molecule is CC(C)N1CCC(c2nc(-c3ccc(C#N)cc3)cs2)CC1. The Labute approximate surface area is 136 Å². The zero-order valence-electron chi connectivity index (χ0n) is 13.1. The number of piperidine rings is 1. The van der Waals surface area contributed by atoms with Gasteiger partial charge in [-0.3, -0.25) is 0 Å². The molecule has 2 aromatic rings. The molecule has 4 heteroatoms. The van der Waals surface area contributed by atoms with Crippen molar-refractivity contribution in [1.29, 1.82) is 5.26 Å². The molecule has 2 heterocycles. The smallest absolute Gasteiger partial charge is 0.0991 e. The first-order chi connectivity index (χ1) is 10.7. The van der Waals surface area contributed by atoms with E-state index >= 15 is 0 Å². The summed E-state index contributed by atoms with van der Waals surface area (Å²) >= 11 is 1.78. The summed E-state index contributed by atoms with van der Waals surface area (Å²) in [5, 5.41) is 12.3. The van der Waals surface area contributed by atoms with Gasteiger partial charge in [0.1, 0.15) is 0 Å². The monoisotopic (exact) mass is 311 g/mol. The number of aromatic nitrogens is 1. The van der Waals surface area contributed by atoms with E-state index in [0.29, 0.717) is 17.5 Å². The number of benzene rings is 1. The Kier molecular flexibility index (Phi) is 4.56. The van der Waals surface area contributed by atoms with Crippen LogP contribution in [-0.4, -0.2) is 29.0 Å². The molecular weight excluding hydrogens is 290 g/mol. The molecular formula is C18H21N3S. The lowest BCUT2D eigenvalue weighted by Crippen LogP contribution is -2.37. The molecule has 1 saturated heterocycles. The number of rotatable bonds is 3. The maximum Gasteiger partial charge on any atom is 0.0991 e. The number of hydrogen-bond acceptors (Lipinski definition) is 4. The second-order valence-electron chi connectivity index (χ2n) is 6.16. The summed E-state index contributed by atoms with van der Waals surface area (Å²) in [6, 6.07) is 10.5. The molecule has 3 rings (SSSR count). The number of nitrogens with zero attached hydrogens (tertiary/aromatic N) is 3. The van der Waals surface area contributed by atoms with E-state index < -0.39 is 0 Å². The van der Waals surface area contributed by atoms with Crippen LogP contribution in [0.3, 0.4) is 0 Å². The first-order valence-electron chi connectivity index (χ1n) is 7.87. The lowest BCUT2D eigenvalue weighted by molar-refractivity contribution is 0.172. The van der Waals surface area contributed by atoms with Gasteiger partial charge in [0.25, 0.3) is 0 Å². The topological polar surface area (TPSA) is 39.9 Å². The molecule has 0 atom stereocenters. The maximum atomic E-state index is 8.87. The highest BCUT2D eigenvalue weighted by Gasteiger charge is 2.24. The fourth-order valence-electron chi connectivity index (χ4n) is 2.99. The van der Waals surface area contributed by atoms with Gasteiger partial charge in [-0.1, -0.05) is 12.1 Å². The zero-order valence-corrected chi connectivity index (χ0v) is 13.9. The molecule has 0 spiro atoms. The minimum absolute atomic E-state index is 0.604. The van der Waals surface area contributed by atoms with Gasteiger partial charge < -0.3 is 4.90 Å². The third-order valence-electron chi connectivity index (χ3n) is 4.44. The van der Waals surface area contributed by atoms with Gasteiger partial charge in [-0.05, 0) is 51.9 Å². The molecule has 114 valence electrons. The van der Waals surface area contributed by atoms with Gasteiger partial charge in [-0.25, -0.2) is 4.98 Å². The fourth-order valence-corrected chi connectivity index (χ4v) is 3.99. The molecule has 3 nitrogen and oxygen atoms in total. The largest absolute Gasteiger partial charge is 0.301 e. The van der Waals surface area contributed by atoms with E-state index in [1.807, 2.05) is 24.3 Å². The molecule has 1 aromatic carbocycles. The van der Waals surface area contributed by atoms with Gasteiger partial charge in [0.05, 0.1) is 22.3 Å². The highest BCUT2D eigenvalue weighted by molar-refractivity contribution is 7.10. The lowest BCUT2D eigenvalue weighted by Gasteiger charge is -2.33. The number of thiazole rings is 1. The Bertz CT molecular complexity index is 658. The molecule has 1 aliphatic rings. The van der Waals surface area contributed by atoms with Gasteiger partial charge in [0, 0.05) is 22.9 Å². The average molecular weight is 311 g/mol. The van der Waals surface area contributed by atoms with Crippen molar-refractivity contribution in [1.82, 2.24) is 9.88 Å². The summed E-state index contributed by atoms with van der Waals surface area (Å²) in [5.41, 5.74) is 2.83. The molecule has 0 amide bonds. The molecule has 0 unspecified atom stereocenters. The Morgan fingerprint density at radius 3 is 2.50 bits per heavy atom. The Hall–Kier alpha value is -1.70. The van der Waals surface area contributed by atoms with Crippen molar-refractivity contribution >= 4 is 11.3 Å². The maximum absolute atomic E-state index is 8.87. The second kappa shape index (κ2) is 6.60. The first-order valence-corrected chi connectivity index (χ1v) is 8.75. The van der Waals surface area contributed by atoms with Crippen molar-refractivity contribution in [2.24, 2.45) is 0 Å². The van der Waals surface area contributed by atoms with Crippen LogP contribution >= 0.6 is 11.3 Å². The number of likely N-dealkylation sites (tertiary alicyclic amines) is 1. The summed E-state index contributed by atoms with van der Waals surface area (Å²) in [4.78, 5) is 7.39. The van der Waals surface area contributed by atoms with E-state index in [1.54, 1.807) is 11.3 Å². The van der Waals surface area contributed by atoms with Gasteiger partial charge in [0.2, 0.25) is 0 Å². The minimum Gasteiger partial charge on any atom is -0.301 e. The fraction of sp³-hybridized carbons (Fsp3) is 0.444. The van der Waals surface area contributed by atoms with E-state index in [1.165, 1.54) is 30.9 Å². The Morgan fingerprint density at radius 2 is 1.91 bits per heavy atom. The third kappa shape index (κ3) is 3.21. The minimum atomic E-state index is 0.604. The molecule has 0 bridgehead atoms. The van der Waals surface area contributed by atoms with Crippen LogP contribution in [0.4, 0.5) is 0 Å². The molecule has 0 saturated carbocycles. The van der Waals surface area contributed by atoms with E-state index in [-0.39, 0.29) is 0 Å². The molecule has 1 aromatic heterocycles. The van der Waals surface area contributed by atoms with Crippen LogP contribution in [0.5, 0.6) is 0 Å². The van der Waals surface area contributed by atoms with E-state index in [0.717, 1.165) is 11.3 Å². The molecule has 22 heavy (non-hydrogen) atoms. The van der Waals surface area contributed by atoms with Crippen LogP contribution in [0.2, 0.25) is 0 Å². The summed E-state index contributed by atoms with van der Waals surface area (Å²) in [6.45, 7) is 6.89. The van der Waals surface area contributed by atoms with E-state index in [9.17, 15) is 0 Å². The normalized spacial score (nSPS) is 16.8. The Morgan fingerprint density at radius 1 is 1.23 bits per heavy atom. The van der Waals surface area contributed by atoms with Crippen LogP contribution in [0, 0.1) is 11.3 Å². The van der Waals surface area contributed by atoms with Crippen molar-refractivity contribution in [3.63, 3.8) is 0 Å². The van der Waals surface area contributed by atoms with Crippen LogP contribution in [0.25, 0.3) is 11.3 Å². The second-order valence-corrected chi connectivity index (χ2v) is 7.05. The summed E-state index contributed by atoms with van der Waals surface area (Å²) in [7, 11) is 0. The highest BCUT2D eigenvalue weighted by Crippen LogP contribution is 2.33. The average Bonchev–Trinajstić information content (AvgIpc) is 3.05. The number of nitriles is 1. The predicted molar refractivity (Wildman–Crippen MR) is 90.9 cm³/mol. The van der Waals surface area contributed by atoms with Crippen molar-refractivity contribution in [2.75, 3.05) is 13.1 Å². The van der Waals surface area contributed by atoms with Gasteiger partial charge in [-0.2, -0.15) is 5.26 Å². The summed E-state index contributed by atoms with van der Waals surface area (Å²) in [5.74, 6) is 0.604. The van der Waals surface area contributed by atoms with Gasteiger partial charge in [-0.15, -0.1) is 11.3 Å². The van der Waals surface area contributed by atoms with Gasteiger partial charge >= 0.3 is 0 Å². The molecule has 0 aliphatic carbocycles. The predicted octanol–water partition coefficient (Wildman–Crippen LogP) is 4.27. The van der Waals surface area contributed by atoms with Crippen molar-refractivity contribution < 1.29 is 0 Å². The number of hydrogen-bond donors (Lipinski definition) is 0. The quantitative estimate of drug-likeness (QED) is 0.850. The van der Waals surface area contributed by atoms with E-state index in [4.69, 9.17) is 10.2 Å².